The normalized spacial score (nSPS) is 18.4. The molecule has 1 aliphatic rings. The Hall–Kier alpha value is -1.73. The van der Waals surface area contributed by atoms with Crippen molar-refractivity contribution in [1.82, 2.24) is 4.90 Å². The van der Waals surface area contributed by atoms with E-state index in [0.717, 1.165) is 16.7 Å². The van der Waals surface area contributed by atoms with Crippen molar-refractivity contribution >= 4 is 46.3 Å². The van der Waals surface area contributed by atoms with E-state index in [1.807, 2.05) is 0 Å². The van der Waals surface area contributed by atoms with Crippen molar-refractivity contribution in [3.8, 4) is 0 Å². The van der Waals surface area contributed by atoms with Crippen molar-refractivity contribution in [1.29, 1.82) is 0 Å². The van der Waals surface area contributed by atoms with Crippen molar-refractivity contribution in [2.75, 3.05) is 0 Å². The van der Waals surface area contributed by atoms with Crippen LogP contribution in [0.2, 0.25) is 0 Å². The Morgan fingerprint density at radius 3 is 2.68 bits per heavy atom. The van der Waals surface area contributed by atoms with Gasteiger partial charge in [0.15, 0.2) is 0 Å². The summed E-state index contributed by atoms with van der Waals surface area (Å²) in [5.74, 6) is -2.25. The van der Waals surface area contributed by atoms with Gasteiger partial charge in [-0.25, -0.2) is 9.18 Å². The number of benzene rings is 1. The Balaban J connectivity index is 2.34. The average Bonchev–Trinajstić information content (AvgIpc) is 2.66. The monoisotopic (exact) mass is 339 g/mol. The summed E-state index contributed by atoms with van der Waals surface area (Å²) in [7, 11) is 0. The Kier molecular flexibility index (Phi) is 4.97. The standard InChI is InChI=1S/C15H14FNO3S2/c1-8(2)12(14(19)20)17-13(18)11(22-15(17)21)7-9-4-3-5-10(16)6-9/h3-8,12H,1-2H3,(H,19,20)/b11-7+. The van der Waals surface area contributed by atoms with Crippen LogP contribution in [-0.2, 0) is 9.59 Å². The first kappa shape index (κ1) is 16.6. The topological polar surface area (TPSA) is 57.6 Å². The molecular formula is C15H14FNO3S2. The van der Waals surface area contributed by atoms with Crippen LogP contribution in [0, 0.1) is 11.7 Å². The van der Waals surface area contributed by atoms with Crippen LogP contribution in [-0.4, -0.2) is 32.2 Å². The van der Waals surface area contributed by atoms with Crippen molar-refractivity contribution in [2.45, 2.75) is 19.9 Å². The number of carboxylic acids is 1. The van der Waals surface area contributed by atoms with Gasteiger partial charge in [-0.2, -0.15) is 0 Å². The number of halogens is 1. The number of hydrogen-bond acceptors (Lipinski definition) is 4. The predicted molar refractivity (Wildman–Crippen MR) is 87.7 cm³/mol. The van der Waals surface area contributed by atoms with Crippen molar-refractivity contribution in [3.63, 3.8) is 0 Å². The first-order valence-electron chi connectivity index (χ1n) is 6.56. The molecule has 116 valence electrons. The van der Waals surface area contributed by atoms with E-state index in [1.165, 1.54) is 24.3 Å². The molecule has 0 spiro atoms. The average molecular weight is 339 g/mol. The van der Waals surface area contributed by atoms with Crippen LogP contribution in [0.5, 0.6) is 0 Å². The number of aliphatic carboxylic acids is 1. The van der Waals surface area contributed by atoms with Gasteiger partial charge in [-0.15, -0.1) is 0 Å². The number of nitrogens with zero attached hydrogens (tertiary/aromatic N) is 1. The number of carboxylic acid groups (broad SMARTS) is 1. The zero-order valence-electron chi connectivity index (χ0n) is 11.9. The lowest BCUT2D eigenvalue weighted by molar-refractivity contribution is -0.146. The first-order chi connectivity index (χ1) is 10.3. The van der Waals surface area contributed by atoms with E-state index in [-0.39, 0.29) is 10.2 Å². The smallest absolute Gasteiger partial charge is 0.327 e. The van der Waals surface area contributed by atoms with E-state index in [4.69, 9.17) is 12.2 Å². The van der Waals surface area contributed by atoms with Crippen molar-refractivity contribution in [2.24, 2.45) is 5.92 Å². The first-order valence-corrected chi connectivity index (χ1v) is 7.79. The minimum atomic E-state index is -1.10. The Morgan fingerprint density at radius 1 is 1.45 bits per heavy atom. The summed E-state index contributed by atoms with van der Waals surface area (Å²) >= 11 is 6.17. The predicted octanol–water partition coefficient (Wildman–Crippen LogP) is 3.14. The second kappa shape index (κ2) is 6.58. The van der Waals surface area contributed by atoms with Crippen LogP contribution < -0.4 is 0 Å². The van der Waals surface area contributed by atoms with Gasteiger partial charge < -0.3 is 5.11 Å². The number of carbonyl (C=O) groups excluding carboxylic acids is 1. The van der Waals surface area contributed by atoms with Gasteiger partial charge in [0.1, 0.15) is 16.2 Å². The molecule has 0 aliphatic carbocycles. The van der Waals surface area contributed by atoms with Crippen LogP contribution in [0.3, 0.4) is 0 Å². The molecule has 1 aromatic carbocycles. The van der Waals surface area contributed by atoms with E-state index < -0.39 is 23.7 Å². The third-order valence-electron chi connectivity index (χ3n) is 3.13. The maximum absolute atomic E-state index is 13.2. The summed E-state index contributed by atoms with van der Waals surface area (Å²) in [6.45, 7) is 3.43. The lowest BCUT2D eigenvalue weighted by atomic mass is 10.0. The van der Waals surface area contributed by atoms with Gasteiger partial charge in [-0.05, 0) is 29.7 Å². The van der Waals surface area contributed by atoms with Gasteiger partial charge >= 0.3 is 5.97 Å². The van der Waals surface area contributed by atoms with Crippen molar-refractivity contribution in [3.05, 3.63) is 40.6 Å². The van der Waals surface area contributed by atoms with Crippen LogP contribution in [0.1, 0.15) is 19.4 Å². The molecule has 7 heteroatoms. The molecule has 1 heterocycles. The van der Waals surface area contributed by atoms with Crippen LogP contribution in [0.25, 0.3) is 6.08 Å². The molecule has 1 aromatic rings. The number of thiocarbonyl (C=S) groups is 1. The molecule has 1 N–H and O–H groups in total. The molecule has 1 saturated heterocycles. The highest BCUT2D eigenvalue weighted by Crippen LogP contribution is 2.35. The fourth-order valence-electron chi connectivity index (χ4n) is 2.16. The highest BCUT2D eigenvalue weighted by atomic mass is 32.2. The van der Waals surface area contributed by atoms with Gasteiger partial charge in [0, 0.05) is 0 Å². The molecule has 0 radical (unpaired) electrons. The van der Waals surface area contributed by atoms with Gasteiger partial charge in [0.2, 0.25) is 0 Å². The highest BCUT2D eigenvalue weighted by molar-refractivity contribution is 8.26. The van der Waals surface area contributed by atoms with E-state index >= 15 is 0 Å². The second-order valence-corrected chi connectivity index (χ2v) is 6.81. The van der Waals surface area contributed by atoms with Gasteiger partial charge in [0.25, 0.3) is 5.91 Å². The molecule has 22 heavy (non-hydrogen) atoms. The van der Waals surface area contributed by atoms with Crippen molar-refractivity contribution < 1.29 is 19.1 Å². The summed E-state index contributed by atoms with van der Waals surface area (Å²) in [5, 5.41) is 9.32. The summed E-state index contributed by atoms with van der Waals surface area (Å²) in [5.41, 5.74) is 0.525. The molecule has 0 aromatic heterocycles. The lowest BCUT2D eigenvalue weighted by Crippen LogP contribution is -2.47. The summed E-state index contributed by atoms with van der Waals surface area (Å²) in [4.78, 5) is 25.3. The zero-order chi connectivity index (χ0) is 16.4. The van der Waals surface area contributed by atoms with Crippen LogP contribution >= 0.6 is 24.0 Å². The van der Waals surface area contributed by atoms with E-state index in [2.05, 4.69) is 0 Å². The number of thioether (sulfide) groups is 1. The fraction of sp³-hybridized carbons (Fsp3) is 0.267. The summed E-state index contributed by atoms with van der Waals surface area (Å²) in [6.07, 6.45) is 1.52. The fourth-order valence-corrected chi connectivity index (χ4v) is 3.49. The Morgan fingerprint density at radius 2 is 2.14 bits per heavy atom. The zero-order valence-corrected chi connectivity index (χ0v) is 13.6. The third-order valence-corrected chi connectivity index (χ3v) is 4.46. The summed E-state index contributed by atoms with van der Waals surface area (Å²) in [6, 6.07) is 4.79. The number of amides is 1. The quantitative estimate of drug-likeness (QED) is 0.675. The summed E-state index contributed by atoms with van der Waals surface area (Å²) < 4.78 is 13.4. The Bertz CT molecular complexity index is 673. The minimum Gasteiger partial charge on any atom is -0.480 e. The molecule has 1 amide bonds. The maximum atomic E-state index is 13.2. The molecule has 0 bridgehead atoms. The molecule has 1 unspecified atom stereocenters. The SMILES string of the molecule is CC(C)C(C(=O)O)N1C(=O)/C(=C\c2cccc(F)c2)SC1=S. The highest BCUT2D eigenvalue weighted by Gasteiger charge is 2.41. The molecule has 1 aliphatic heterocycles. The molecule has 1 fully saturated rings. The van der Waals surface area contributed by atoms with E-state index in [1.54, 1.807) is 19.9 Å². The molecule has 4 nitrogen and oxygen atoms in total. The van der Waals surface area contributed by atoms with E-state index in [0.29, 0.717) is 10.5 Å². The third kappa shape index (κ3) is 3.36. The molecule has 1 atom stereocenters. The second-order valence-electron chi connectivity index (χ2n) is 5.13. The largest absolute Gasteiger partial charge is 0.480 e. The van der Waals surface area contributed by atoms with E-state index in [9.17, 15) is 19.1 Å². The molecule has 0 saturated carbocycles. The maximum Gasteiger partial charge on any atom is 0.327 e. The number of carbonyl (C=O) groups is 2. The minimum absolute atomic E-state index is 0.203. The van der Waals surface area contributed by atoms with Gasteiger partial charge in [0.05, 0.1) is 4.91 Å². The number of hydrogen-bond donors (Lipinski definition) is 1. The van der Waals surface area contributed by atoms with Gasteiger partial charge in [-0.1, -0.05) is 50.0 Å². The molecule has 2 rings (SSSR count). The lowest BCUT2D eigenvalue weighted by Gasteiger charge is -2.26. The number of rotatable bonds is 4. The van der Waals surface area contributed by atoms with Gasteiger partial charge in [-0.3, -0.25) is 9.69 Å². The van der Waals surface area contributed by atoms with Crippen LogP contribution in [0.15, 0.2) is 29.2 Å². The van der Waals surface area contributed by atoms with Crippen LogP contribution in [0.4, 0.5) is 4.39 Å². The Labute approximate surface area is 137 Å². The molecular weight excluding hydrogens is 325 g/mol.